The summed E-state index contributed by atoms with van der Waals surface area (Å²) in [6, 6.07) is 0. The van der Waals surface area contributed by atoms with E-state index in [1.54, 1.807) is 0 Å². The van der Waals surface area contributed by atoms with Gasteiger partial charge in [0.2, 0.25) is 5.91 Å². The van der Waals surface area contributed by atoms with Crippen LogP contribution in [0.1, 0.15) is 40.5 Å². The number of carbonyl (C=O) groups is 1. The standard InChI is InChI=1S/C12H23N3O/c1-6-8-15(11(4)7-2)9-10(3)13-14-12(5)16/h4,6-9H2,1-3,5H3,(H,14,16)/b13-10+. The molecule has 0 saturated carbocycles. The summed E-state index contributed by atoms with van der Waals surface area (Å²) in [5, 5.41) is 4.00. The average Bonchev–Trinajstić information content (AvgIpc) is 2.24. The van der Waals surface area contributed by atoms with E-state index in [4.69, 9.17) is 0 Å². The van der Waals surface area contributed by atoms with E-state index in [1.807, 2.05) is 6.92 Å². The minimum Gasteiger partial charge on any atom is -0.370 e. The minimum atomic E-state index is -0.143. The molecule has 0 aromatic rings. The molecule has 1 amide bonds. The van der Waals surface area contributed by atoms with E-state index in [2.05, 4.69) is 35.9 Å². The third-order valence-corrected chi connectivity index (χ3v) is 2.17. The molecule has 0 saturated heterocycles. The van der Waals surface area contributed by atoms with E-state index < -0.39 is 0 Å². The number of allylic oxidation sites excluding steroid dienone is 1. The highest BCUT2D eigenvalue weighted by Gasteiger charge is 2.06. The first-order chi connectivity index (χ1) is 7.51. The van der Waals surface area contributed by atoms with Crippen LogP contribution in [0.2, 0.25) is 0 Å². The molecule has 0 aromatic heterocycles. The van der Waals surface area contributed by atoms with E-state index in [1.165, 1.54) is 6.92 Å². The molecule has 0 unspecified atom stereocenters. The van der Waals surface area contributed by atoms with Gasteiger partial charge in [0.25, 0.3) is 0 Å². The van der Waals surface area contributed by atoms with Crippen molar-refractivity contribution < 1.29 is 4.79 Å². The molecule has 4 nitrogen and oxygen atoms in total. The fourth-order valence-electron chi connectivity index (χ4n) is 1.33. The highest BCUT2D eigenvalue weighted by Crippen LogP contribution is 2.06. The van der Waals surface area contributed by atoms with Crippen molar-refractivity contribution in [3.05, 3.63) is 12.3 Å². The Morgan fingerprint density at radius 2 is 2.00 bits per heavy atom. The molecule has 0 aliphatic carbocycles. The maximum atomic E-state index is 10.7. The molecular weight excluding hydrogens is 202 g/mol. The molecule has 0 bridgehead atoms. The van der Waals surface area contributed by atoms with Crippen LogP contribution < -0.4 is 5.43 Å². The highest BCUT2D eigenvalue weighted by molar-refractivity contribution is 5.85. The molecule has 1 N–H and O–H groups in total. The molecule has 0 rings (SSSR count). The van der Waals surface area contributed by atoms with Gasteiger partial charge >= 0.3 is 0 Å². The molecule has 0 aliphatic rings. The second-order valence-electron chi connectivity index (χ2n) is 3.86. The summed E-state index contributed by atoms with van der Waals surface area (Å²) in [5.74, 6) is -0.143. The molecule has 0 atom stereocenters. The van der Waals surface area contributed by atoms with Gasteiger partial charge in [0.15, 0.2) is 0 Å². The summed E-state index contributed by atoms with van der Waals surface area (Å²) >= 11 is 0. The van der Waals surface area contributed by atoms with Crippen LogP contribution in [0.15, 0.2) is 17.4 Å². The lowest BCUT2D eigenvalue weighted by Gasteiger charge is -2.25. The second kappa shape index (κ2) is 7.91. The Balaban J connectivity index is 4.32. The maximum Gasteiger partial charge on any atom is 0.236 e. The number of amides is 1. The summed E-state index contributed by atoms with van der Waals surface area (Å²) in [6.45, 7) is 13.3. The number of carbonyl (C=O) groups excluding carboxylic acids is 1. The smallest absolute Gasteiger partial charge is 0.236 e. The number of hydrogen-bond acceptors (Lipinski definition) is 3. The SMILES string of the molecule is C=C(CC)N(CCC)C/C(C)=N/NC(C)=O. The van der Waals surface area contributed by atoms with Gasteiger partial charge < -0.3 is 4.90 Å². The Morgan fingerprint density at radius 1 is 1.38 bits per heavy atom. The largest absolute Gasteiger partial charge is 0.370 e. The fraction of sp³-hybridized carbons (Fsp3) is 0.667. The maximum absolute atomic E-state index is 10.7. The Bertz CT molecular complexity index is 271. The van der Waals surface area contributed by atoms with Gasteiger partial charge in [-0.15, -0.1) is 0 Å². The summed E-state index contributed by atoms with van der Waals surface area (Å²) < 4.78 is 0. The van der Waals surface area contributed by atoms with Gasteiger partial charge in [-0.1, -0.05) is 20.4 Å². The average molecular weight is 225 g/mol. The van der Waals surface area contributed by atoms with Gasteiger partial charge in [0.05, 0.1) is 12.3 Å². The van der Waals surface area contributed by atoms with E-state index >= 15 is 0 Å². The van der Waals surface area contributed by atoms with E-state index in [0.29, 0.717) is 0 Å². The lowest BCUT2D eigenvalue weighted by molar-refractivity contribution is -0.118. The quantitative estimate of drug-likeness (QED) is 0.533. The van der Waals surface area contributed by atoms with Crippen LogP contribution in [0.3, 0.4) is 0 Å². The van der Waals surface area contributed by atoms with Crippen molar-refractivity contribution in [3.63, 3.8) is 0 Å². The molecule has 0 heterocycles. The van der Waals surface area contributed by atoms with Crippen LogP contribution >= 0.6 is 0 Å². The molecule has 0 radical (unpaired) electrons. The first kappa shape index (κ1) is 14.7. The zero-order valence-electron chi connectivity index (χ0n) is 10.8. The molecule has 4 heteroatoms. The van der Waals surface area contributed by atoms with Crippen LogP contribution in [0.4, 0.5) is 0 Å². The summed E-state index contributed by atoms with van der Waals surface area (Å²) in [5.41, 5.74) is 4.44. The number of hydrazone groups is 1. The zero-order chi connectivity index (χ0) is 12.6. The summed E-state index contributed by atoms with van der Waals surface area (Å²) in [4.78, 5) is 12.9. The minimum absolute atomic E-state index is 0.143. The fourth-order valence-corrected chi connectivity index (χ4v) is 1.33. The Morgan fingerprint density at radius 3 is 2.44 bits per heavy atom. The van der Waals surface area contributed by atoms with E-state index in [-0.39, 0.29) is 5.91 Å². The predicted octanol–water partition coefficient (Wildman–Crippen LogP) is 2.13. The van der Waals surface area contributed by atoms with Crippen molar-refractivity contribution in [1.29, 1.82) is 0 Å². The van der Waals surface area contributed by atoms with Crippen LogP contribution in [0, 0.1) is 0 Å². The van der Waals surface area contributed by atoms with Gasteiger partial charge in [-0.25, -0.2) is 5.43 Å². The van der Waals surface area contributed by atoms with Crippen LogP contribution in [-0.2, 0) is 4.79 Å². The number of hydrogen-bond donors (Lipinski definition) is 1. The molecule has 0 spiro atoms. The molecular formula is C12H23N3O. The van der Waals surface area contributed by atoms with Crippen molar-refractivity contribution in [2.24, 2.45) is 5.10 Å². The normalized spacial score (nSPS) is 11.1. The lowest BCUT2D eigenvalue weighted by Crippen LogP contribution is -2.29. The Kier molecular flexibility index (Phi) is 7.25. The van der Waals surface area contributed by atoms with E-state index in [9.17, 15) is 4.79 Å². The zero-order valence-corrected chi connectivity index (χ0v) is 10.8. The van der Waals surface area contributed by atoms with Crippen molar-refractivity contribution in [3.8, 4) is 0 Å². The Hall–Kier alpha value is -1.32. The van der Waals surface area contributed by atoms with Crippen molar-refractivity contribution >= 4 is 11.6 Å². The topological polar surface area (TPSA) is 44.7 Å². The van der Waals surface area contributed by atoms with Crippen molar-refractivity contribution in [2.45, 2.75) is 40.5 Å². The second-order valence-corrected chi connectivity index (χ2v) is 3.86. The molecule has 0 aliphatic heterocycles. The van der Waals surface area contributed by atoms with Gasteiger partial charge in [0.1, 0.15) is 0 Å². The monoisotopic (exact) mass is 225 g/mol. The summed E-state index contributed by atoms with van der Waals surface area (Å²) in [6.07, 6.45) is 2.01. The first-order valence-corrected chi connectivity index (χ1v) is 5.73. The number of rotatable bonds is 7. The Labute approximate surface area is 98.4 Å². The van der Waals surface area contributed by atoms with Gasteiger partial charge in [-0.2, -0.15) is 5.10 Å². The van der Waals surface area contributed by atoms with Crippen LogP contribution in [0.5, 0.6) is 0 Å². The molecule has 0 fully saturated rings. The molecule has 16 heavy (non-hydrogen) atoms. The summed E-state index contributed by atoms with van der Waals surface area (Å²) in [7, 11) is 0. The van der Waals surface area contributed by atoms with Gasteiger partial charge in [-0.3, -0.25) is 4.79 Å². The predicted molar refractivity (Wildman–Crippen MR) is 68.2 cm³/mol. The third kappa shape index (κ3) is 6.22. The molecule has 92 valence electrons. The molecule has 0 aromatic carbocycles. The van der Waals surface area contributed by atoms with Gasteiger partial charge in [-0.05, 0) is 19.8 Å². The lowest BCUT2D eigenvalue weighted by atomic mass is 10.2. The van der Waals surface area contributed by atoms with Crippen molar-refractivity contribution in [2.75, 3.05) is 13.1 Å². The number of nitrogens with one attached hydrogen (secondary N) is 1. The van der Waals surface area contributed by atoms with E-state index in [0.717, 1.165) is 37.3 Å². The van der Waals surface area contributed by atoms with Crippen molar-refractivity contribution in [1.82, 2.24) is 10.3 Å². The van der Waals surface area contributed by atoms with Crippen LogP contribution in [-0.4, -0.2) is 29.6 Å². The third-order valence-electron chi connectivity index (χ3n) is 2.17. The van der Waals surface area contributed by atoms with Gasteiger partial charge in [0, 0.05) is 19.2 Å². The first-order valence-electron chi connectivity index (χ1n) is 5.73. The van der Waals surface area contributed by atoms with Crippen LogP contribution in [0.25, 0.3) is 0 Å². The number of nitrogens with zero attached hydrogens (tertiary/aromatic N) is 2. The highest BCUT2D eigenvalue weighted by atomic mass is 16.2.